The Hall–Kier alpha value is -1.38. The van der Waals surface area contributed by atoms with Crippen LogP contribution in [0.4, 0.5) is 0 Å². The highest BCUT2D eigenvalue weighted by Crippen LogP contribution is 2.10. The maximum absolute atomic E-state index is 11.2. The summed E-state index contributed by atoms with van der Waals surface area (Å²) in [6.07, 6.45) is 7.32. The summed E-state index contributed by atoms with van der Waals surface area (Å²) in [6, 6.07) is 0. The molecule has 16 heavy (non-hydrogen) atoms. The van der Waals surface area contributed by atoms with E-state index >= 15 is 0 Å². The summed E-state index contributed by atoms with van der Waals surface area (Å²) in [5.74, 6) is 2.34. The van der Waals surface area contributed by atoms with Crippen molar-refractivity contribution in [3.63, 3.8) is 0 Å². The van der Waals surface area contributed by atoms with E-state index in [9.17, 15) is 4.79 Å². The van der Waals surface area contributed by atoms with E-state index in [0.29, 0.717) is 19.5 Å². The molecule has 5 heteroatoms. The Morgan fingerprint density at radius 2 is 2.50 bits per heavy atom. The first-order valence-corrected chi connectivity index (χ1v) is 5.86. The molecule has 0 spiro atoms. The number of nitrogens with one attached hydrogen (secondary N) is 2. The maximum Gasteiger partial charge on any atom is 0.222 e. The first-order chi connectivity index (χ1) is 7.72. The van der Waals surface area contributed by atoms with Crippen LogP contribution in [0.5, 0.6) is 0 Å². The third-order valence-corrected chi connectivity index (χ3v) is 2.80. The zero-order valence-corrected chi connectivity index (χ0v) is 10.1. The number of aromatic nitrogens is 1. The first kappa shape index (κ1) is 12.7. The lowest BCUT2D eigenvalue weighted by molar-refractivity contribution is -0.120. The molecule has 1 heterocycles. The SMILES string of the molecule is C#CCNC(=O)CCNCc1cnc(C)s1. The smallest absolute Gasteiger partial charge is 0.222 e. The van der Waals surface area contributed by atoms with Crippen molar-refractivity contribution >= 4 is 17.2 Å². The minimum atomic E-state index is -0.0223. The van der Waals surface area contributed by atoms with Crippen molar-refractivity contribution in [1.82, 2.24) is 15.6 Å². The summed E-state index contributed by atoms with van der Waals surface area (Å²) in [6.45, 7) is 3.68. The number of carbonyl (C=O) groups is 1. The Morgan fingerprint density at radius 1 is 1.69 bits per heavy atom. The molecule has 0 saturated heterocycles. The summed E-state index contributed by atoms with van der Waals surface area (Å²) >= 11 is 1.66. The van der Waals surface area contributed by atoms with Gasteiger partial charge in [0.2, 0.25) is 5.91 Å². The second-order valence-electron chi connectivity index (χ2n) is 3.25. The van der Waals surface area contributed by atoms with Crippen LogP contribution < -0.4 is 10.6 Å². The molecule has 0 aliphatic rings. The van der Waals surface area contributed by atoms with Crippen molar-refractivity contribution in [2.75, 3.05) is 13.1 Å². The Kier molecular flexibility index (Phi) is 5.54. The van der Waals surface area contributed by atoms with Crippen LogP contribution in [0.1, 0.15) is 16.3 Å². The summed E-state index contributed by atoms with van der Waals surface area (Å²) in [5, 5.41) is 6.85. The van der Waals surface area contributed by atoms with E-state index in [1.54, 1.807) is 11.3 Å². The van der Waals surface area contributed by atoms with E-state index in [0.717, 1.165) is 11.6 Å². The van der Waals surface area contributed by atoms with E-state index in [1.165, 1.54) is 4.88 Å². The Labute approximate surface area is 99.5 Å². The molecular formula is C11H15N3OS. The topological polar surface area (TPSA) is 54.0 Å². The fourth-order valence-corrected chi connectivity index (χ4v) is 1.90. The average Bonchev–Trinajstić information content (AvgIpc) is 2.67. The lowest BCUT2D eigenvalue weighted by Crippen LogP contribution is -2.27. The Bertz CT molecular complexity index is 381. The number of nitrogens with zero attached hydrogens (tertiary/aromatic N) is 1. The highest BCUT2D eigenvalue weighted by atomic mass is 32.1. The van der Waals surface area contributed by atoms with Gasteiger partial charge in [0.05, 0.1) is 11.6 Å². The molecule has 0 atom stereocenters. The molecule has 0 aliphatic heterocycles. The van der Waals surface area contributed by atoms with Crippen molar-refractivity contribution in [3.8, 4) is 12.3 Å². The molecule has 1 aromatic heterocycles. The summed E-state index contributed by atoms with van der Waals surface area (Å²) < 4.78 is 0. The second-order valence-corrected chi connectivity index (χ2v) is 4.57. The van der Waals surface area contributed by atoms with Crippen LogP contribution in [0.15, 0.2) is 6.20 Å². The van der Waals surface area contributed by atoms with Gasteiger partial charge in [-0.3, -0.25) is 4.79 Å². The largest absolute Gasteiger partial charge is 0.345 e. The summed E-state index contributed by atoms with van der Waals surface area (Å²) in [4.78, 5) is 16.5. The maximum atomic E-state index is 11.2. The molecule has 1 rings (SSSR count). The quantitative estimate of drug-likeness (QED) is 0.565. The van der Waals surface area contributed by atoms with Crippen molar-refractivity contribution in [3.05, 3.63) is 16.1 Å². The summed E-state index contributed by atoms with van der Waals surface area (Å²) in [7, 11) is 0. The molecule has 1 aromatic rings. The van der Waals surface area contributed by atoms with Gasteiger partial charge in [0.1, 0.15) is 0 Å². The molecule has 0 radical (unpaired) electrons. The van der Waals surface area contributed by atoms with Crippen LogP contribution in [0, 0.1) is 19.3 Å². The van der Waals surface area contributed by atoms with Gasteiger partial charge in [0.25, 0.3) is 0 Å². The van der Waals surface area contributed by atoms with Gasteiger partial charge in [0, 0.05) is 30.6 Å². The van der Waals surface area contributed by atoms with Crippen molar-refractivity contribution in [2.45, 2.75) is 19.9 Å². The van der Waals surface area contributed by atoms with Crippen LogP contribution >= 0.6 is 11.3 Å². The van der Waals surface area contributed by atoms with Crippen molar-refractivity contribution < 1.29 is 4.79 Å². The normalized spacial score (nSPS) is 9.75. The highest BCUT2D eigenvalue weighted by Gasteiger charge is 2.00. The zero-order valence-electron chi connectivity index (χ0n) is 9.25. The number of hydrogen-bond donors (Lipinski definition) is 2. The number of amides is 1. The Balaban J connectivity index is 2.08. The van der Waals surface area contributed by atoms with Gasteiger partial charge in [-0.25, -0.2) is 4.98 Å². The molecule has 86 valence electrons. The molecule has 0 bridgehead atoms. The van der Waals surface area contributed by atoms with Gasteiger partial charge in [-0.15, -0.1) is 17.8 Å². The predicted octanol–water partition coefficient (Wildman–Crippen LogP) is 0.681. The lowest BCUT2D eigenvalue weighted by Gasteiger charge is -2.02. The minimum Gasteiger partial charge on any atom is -0.345 e. The number of carbonyl (C=O) groups excluding carboxylic acids is 1. The van der Waals surface area contributed by atoms with E-state index < -0.39 is 0 Å². The van der Waals surface area contributed by atoms with E-state index in [4.69, 9.17) is 6.42 Å². The van der Waals surface area contributed by atoms with Crippen molar-refractivity contribution in [2.24, 2.45) is 0 Å². The molecule has 0 saturated carbocycles. The molecule has 1 amide bonds. The van der Waals surface area contributed by atoms with Crippen LogP contribution in [-0.2, 0) is 11.3 Å². The van der Waals surface area contributed by atoms with E-state index in [-0.39, 0.29) is 5.91 Å². The van der Waals surface area contributed by atoms with Crippen LogP contribution in [-0.4, -0.2) is 24.0 Å². The predicted molar refractivity (Wildman–Crippen MR) is 65.0 cm³/mol. The zero-order chi connectivity index (χ0) is 11.8. The van der Waals surface area contributed by atoms with E-state index in [2.05, 4.69) is 21.5 Å². The van der Waals surface area contributed by atoms with Gasteiger partial charge in [-0.2, -0.15) is 0 Å². The molecule has 4 nitrogen and oxygen atoms in total. The first-order valence-electron chi connectivity index (χ1n) is 5.04. The third kappa shape index (κ3) is 4.91. The van der Waals surface area contributed by atoms with Gasteiger partial charge >= 0.3 is 0 Å². The number of thiazole rings is 1. The monoisotopic (exact) mass is 237 g/mol. The van der Waals surface area contributed by atoms with Crippen molar-refractivity contribution in [1.29, 1.82) is 0 Å². The standard InChI is InChI=1S/C11H15N3OS/c1-3-5-13-11(15)4-6-12-7-10-8-14-9(2)16-10/h1,8,12H,4-7H2,2H3,(H,13,15). The molecule has 0 fully saturated rings. The number of terminal acetylenes is 1. The lowest BCUT2D eigenvalue weighted by atomic mass is 10.4. The molecule has 0 aromatic carbocycles. The third-order valence-electron chi connectivity index (χ3n) is 1.88. The average molecular weight is 237 g/mol. The molecular weight excluding hydrogens is 222 g/mol. The minimum absolute atomic E-state index is 0.0223. The fourth-order valence-electron chi connectivity index (χ4n) is 1.14. The van der Waals surface area contributed by atoms with E-state index in [1.807, 2.05) is 13.1 Å². The highest BCUT2D eigenvalue weighted by molar-refractivity contribution is 7.11. The van der Waals surface area contributed by atoms with Gasteiger partial charge in [-0.1, -0.05) is 5.92 Å². The number of rotatable bonds is 6. The van der Waals surface area contributed by atoms with Crippen LogP contribution in [0.25, 0.3) is 0 Å². The summed E-state index contributed by atoms with van der Waals surface area (Å²) in [5.41, 5.74) is 0. The van der Waals surface area contributed by atoms with Gasteiger partial charge < -0.3 is 10.6 Å². The molecule has 2 N–H and O–H groups in total. The van der Waals surface area contributed by atoms with Gasteiger partial charge in [-0.05, 0) is 6.92 Å². The molecule has 0 unspecified atom stereocenters. The molecule has 0 aliphatic carbocycles. The van der Waals surface area contributed by atoms with Gasteiger partial charge in [0.15, 0.2) is 0 Å². The number of aryl methyl sites for hydroxylation is 1. The second kappa shape index (κ2) is 6.99. The Morgan fingerprint density at radius 3 is 3.12 bits per heavy atom. The number of hydrogen-bond acceptors (Lipinski definition) is 4. The fraction of sp³-hybridized carbons (Fsp3) is 0.455. The van der Waals surface area contributed by atoms with Crippen LogP contribution in [0.3, 0.4) is 0 Å². The van der Waals surface area contributed by atoms with Crippen LogP contribution in [0.2, 0.25) is 0 Å².